The Bertz CT molecular complexity index is 1150. The van der Waals surface area contributed by atoms with Gasteiger partial charge in [0.2, 0.25) is 5.88 Å². The Morgan fingerprint density at radius 1 is 0.636 bits per heavy atom. The summed E-state index contributed by atoms with van der Waals surface area (Å²) >= 11 is 17.1. The molecule has 0 unspecified atom stereocenters. The van der Waals surface area contributed by atoms with E-state index in [1.807, 2.05) is 13.8 Å². The van der Waals surface area contributed by atoms with Crippen LogP contribution >= 0.6 is 34.8 Å². The number of hydrogen-bond donors (Lipinski definition) is 3. The molecule has 0 atom stereocenters. The molecular formula is C24H21Cl3N2O4. The van der Waals surface area contributed by atoms with E-state index in [1.54, 1.807) is 36.7 Å². The van der Waals surface area contributed by atoms with Crippen LogP contribution in [0, 0.1) is 13.8 Å². The van der Waals surface area contributed by atoms with Crippen LogP contribution in [0.2, 0.25) is 15.2 Å². The fourth-order valence-corrected chi connectivity index (χ4v) is 2.78. The summed E-state index contributed by atoms with van der Waals surface area (Å²) in [6, 6.07) is 15.6. The van der Waals surface area contributed by atoms with Crippen molar-refractivity contribution in [3.8, 4) is 28.9 Å². The summed E-state index contributed by atoms with van der Waals surface area (Å²) in [7, 11) is 0. The number of benzene rings is 2. The smallest absolute Gasteiger partial charge is 0.238 e. The standard InChI is InChI=1S/C12H10ClNO2.C6H5Cl2N.C6H6O2/c1-8-6-11(13)12(14-7-8)16-10-4-2-9(15)3-5-10;1-4-2-5(7)6(8)9-3-4;7-5-1-2-6(8)4-3-5/h2-7,15H,1H3;2-3H,1H3;1-4,7-8H. The minimum absolute atomic E-state index is 0.169. The average molecular weight is 508 g/mol. The Morgan fingerprint density at radius 3 is 1.48 bits per heavy atom. The van der Waals surface area contributed by atoms with Crippen LogP contribution in [0.1, 0.15) is 11.1 Å². The number of aromatic nitrogens is 2. The first-order chi connectivity index (χ1) is 15.6. The number of phenols is 3. The lowest BCUT2D eigenvalue weighted by Gasteiger charge is -2.06. The van der Waals surface area contributed by atoms with Crippen LogP contribution in [0.15, 0.2) is 73.1 Å². The zero-order valence-electron chi connectivity index (χ0n) is 17.7. The first-order valence-corrected chi connectivity index (χ1v) is 10.6. The number of ether oxygens (including phenoxy) is 1. The van der Waals surface area contributed by atoms with E-state index in [2.05, 4.69) is 9.97 Å². The van der Waals surface area contributed by atoms with E-state index in [0.717, 1.165) is 11.1 Å². The quantitative estimate of drug-likeness (QED) is 0.194. The molecule has 4 aromatic rings. The first-order valence-electron chi connectivity index (χ1n) is 9.48. The number of halogens is 3. The number of pyridine rings is 2. The number of phenolic OH excluding ortho intramolecular Hbond substituents is 3. The molecule has 0 radical (unpaired) electrons. The van der Waals surface area contributed by atoms with Crippen molar-refractivity contribution < 1.29 is 20.1 Å². The van der Waals surface area contributed by atoms with E-state index in [1.165, 1.54) is 36.4 Å². The summed E-state index contributed by atoms with van der Waals surface area (Å²) < 4.78 is 5.46. The molecule has 0 aliphatic heterocycles. The molecule has 2 aromatic heterocycles. The van der Waals surface area contributed by atoms with Gasteiger partial charge >= 0.3 is 0 Å². The van der Waals surface area contributed by atoms with Crippen LogP contribution < -0.4 is 4.74 Å². The Labute approximate surface area is 206 Å². The van der Waals surface area contributed by atoms with Gasteiger partial charge in [0, 0.05) is 12.4 Å². The van der Waals surface area contributed by atoms with E-state index in [0.29, 0.717) is 26.8 Å². The molecule has 0 aliphatic rings. The molecule has 2 heterocycles. The molecule has 33 heavy (non-hydrogen) atoms. The van der Waals surface area contributed by atoms with E-state index < -0.39 is 0 Å². The van der Waals surface area contributed by atoms with Crippen molar-refractivity contribution in [2.45, 2.75) is 13.8 Å². The van der Waals surface area contributed by atoms with Crippen LogP contribution in [0.25, 0.3) is 0 Å². The maximum atomic E-state index is 9.12. The van der Waals surface area contributed by atoms with Gasteiger partial charge < -0.3 is 20.1 Å². The zero-order valence-corrected chi connectivity index (χ0v) is 20.0. The van der Waals surface area contributed by atoms with Gasteiger partial charge in [-0.15, -0.1) is 0 Å². The summed E-state index contributed by atoms with van der Waals surface area (Å²) in [6.45, 7) is 3.82. The lowest BCUT2D eigenvalue weighted by atomic mass is 10.3. The highest BCUT2D eigenvalue weighted by atomic mass is 35.5. The Kier molecular flexibility index (Phi) is 10.1. The summed E-state index contributed by atoms with van der Waals surface area (Å²) in [5, 5.41) is 27.7. The molecule has 172 valence electrons. The summed E-state index contributed by atoms with van der Waals surface area (Å²) in [4.78, 5) is 7.89. The second-order valence-electron chi connectivity index (χ2n) is 6.70. The van der Waals surface area contributed by atoms with Crippen LogP contribution in [0.3, 0.4) is 0 Å². The number of aromatic hydroxyl groups is 3. The van der Waals surface area contributed by atoms with Crippen molar-refractivity contribution >= 4 is 34.8 Å². The van der Waals surface area contributed by atoms with Crippen molar-refractivity contribution in [3.63, 3.8) is 0 Å². The molecule has 0 aliphatic carbocycles. The van der Waals surface area contributed by atoms with Crippen molar-refractivity contribution in [2.75, 3.05) is 0 Å². The van der Waals surface area contributed by atoms with Gasteiger partial charge in [-0.3, -0.25) is 0 Å². The topological polar surface area (TPSA) is 95.7 Å². The molecule has 3 N–H and O–H groups in total. The number of hydrogen-bond acceptors (Lipinski definition) is 6. The predicted molar refractivity (Wildman–Crippen MR) is 131 cm³/mol. The van der Waals surface area contributed by atoms with Gasteiger partial charge in [-0.2, -0.15) is 0 Å². The minimum Gasteiger partial charge on any atom is -0.508 e. The van der Waals surface area contributed by atoms with Crippen LogP contribution in [-0.4, -0.2) is 25.3 Å². The van der Waals surface area contributed by atoms with Gasteiger partial charge in [0.1, 0.15) is 33.2 Å². The molecule has 0 amide bonds. The minimum atomic E-state index is 0.169. The highest BCUT2D eigenvalue weighted by molar-refractivity contribution is 6.41. The molecule has 0 fully saturated rings. The zero-order chi connectivity index (χ0) is 24.4. The molecule has 0 saturated carbocycles. The van der Waals surface area contributed by atoms with Crippen molar-refractivity contribution in [1.29, 1.82) is 0 Å². The highest BCUT2D eigenvalue weighted by Crippen LogP contribution is 2.28. The number of nitrogens with zero attached hydrogens (tertiary/aromatic N) is 2. The van der Waals surface area contributed by atoms with E-state index >= 15 is 0 Å². The van der Waals surface area contributed by atoms with Crippen molar-refractivity contribution in [3.05, 3.63) is 99.4 Å². The highest BCUT2D eigenvalue weighted by Gasteiger charge is 2.04. The van der Waals surface area contributed by atoms with Gasteiger partial charge in [-0.05, 0) is 85.6 Å². The molecule has 2 aromatic carbocycles. The first kappa shape index (κ1) is 26.1. The lowest BCUT2D eigenvalue weighted by molar-refractivity contribution is 0.454. The third-order valence-electron chi connectivity index (χ3n) is 3.78. The summed E-state index contributed by atoms with van der Waals surface area (Å²) in [5.74, 6) is 1.47. The fraction of sp³-hybridized carbons (Fsp3) is 0.0833. The van der Waals surface area contributed by atoms with Crippen LogP contribution in [-0.2, 0) is 0 Å². The third-order valence-corrected chi connectivity index (χ3v) is 4.73. The van der Waals surface area contributed by atoms with Crippen molar-refractivity contribution in [1.82, 2.24) is 9.97 Å². The maximum Gasteiger partial charge on any atom is 0.238 e. The van der Waals surface area contributed by atoms with E-state index in [4.69, 9.17) is 54.9 Å². The third kappa shape index (κ3) is 9.45. The van der Waals surface area contributed by atoms with Crippen LogP contribution in [0.4, 0.5) is 0 Å². The van der Waals surface area contributed by atoms with Gasteiger partial charge in [-0.1, -0.05) is 34.8 Å². The molecule has 9 heteroatoms. The molecule has 4 rings (SSSR count). The molecular weight excluding hydrogens is 487 g/mol. The summed E-state index contributed by atoms with van der Waals surface area (Å²) in [6.07, 6.45) is 3.36. The van der Waals surface area contributed by atoms with Gasteiger partial charge in [0.15, 0.2) is 0 Å². The number of rotatable bonds is 2. The molecule has 0 saturated heterocycles. The molecule has 0 spiro atoms. The normalized spacial score (nSPS) is 9.73. The van der Waals surface area contributed by atoms with Gasteiger partial charge in [0.05, 0.1) is 5.02 Å². The second-order valence-corrected chi connectivity index (χ2v) is 7.87. The Hall–Kier alpha value is -3.19. The fourth-order valence-electron chi connectivity index (χ4n) is 2.19. The van der Waals surface area contributed by atoms with Crippen LogP contribution in [0.5, 0.6) is 28.9 Å². The Morgan fingerprint density at radius 2 is 1.06 bits per heavy atom. The largest absolute Gasteiger partial charge is 0.508 e. The van der Waals surface area contributed by atoms with E-state index in [-0.39, 0.29) is 17.2 Å². The van der Waals surface area contributed by atoms with Gasteiger partial charge in [-0.25, -0.2) is 9.97 Å². The SMILES string of the molecule is Cc1cnc(Cl)c(Cl)c1.Cc1cnc(Oc2ccc(O)cc2)c(Cl)c1.Oc1ccc(O)cc1. The lowest BCUT2D eigenvalue weighted by Crippen LogP contribution is -1.89. The monoisotopic (exact) mass is 506 g/mol. The Balaban J connectivity index is 0.000000192. The summed E-state index contributed by atoms with van der Waals surface area (Å²) in [5.41, 5.74) is 1.99. The maximum absolute atomic E-state index is 9.12. The average Bonchev–Trinajstić information content (AvgIpc) is 2.77. The molecule has 6 nitrogen and oxygen atoms in total. The number of aryl methyl sites for hydroxylation is 2. The van der Waals surface area contributed by atoms with E-state index in [9.17, 15) is 0 Å². The van der Waals surface area contributed by atoms with Gasteiger partial charge in [0.25, 0.3) is 0 Å². The van der Waals surface area contributed by atoms with Crippen molar-refractivity contribution in [2.24, 2.45) is 0 Å². The predicted octanol–water partition coefficient (Wildman–Crippen LogP) is 7.34. The second kappa shape index (κ2) is 12.7. The molecule has 0 bridgehead atoms.